The minimum Gasteiger partial charge on any atom is -0.472 e. The summed E-state index contributed by atoms with van der Waals surface area (Å²) >= 11 is 0. The molecule has 1 saturated heterocycles. The highest BCUT2D eigenvalue weighted by Gasteiger charge is 2.71. The Kier molecular flexibility index (Phi) is 6.98. The Hall–Kier alpha value is -3.43. The van der Waals surface area contributed by atoms with Gasteiger partial charge in [0.25, 0.3) is 0 Å². The second-order valence-corrected chi connectivity index (χ2v) is 13.0. The van der Waals surface area contributed by atoms with Crippen molar-refractivity contribution in [2.75, 3.05) is 7.11 Å². The van der Waals surface area contributed by atoms with Crippen LogP contribution >= 0.6 is 0 Å². The number of ketones is 1. The quantitative estimate of drug-likeness (QED) is 0.289. The molecule has 0 N–H and O–H groups in total. The van der Waals surface area contributed by atoms with Gasteiger partial charge in [-0.05, 0) is 30.7 Å². The fraction of sp³-hybridized carbons (Fsp3) is 0.645. The molecule has 2 saturated carbocycles. The number of hydrogen-bond donors (Lipinski definition) is 0. The van der Waals surface area contributed by atoms with E-state index in [1.807, 2.05) is 26.8 Å². The van der Waals surface area contributed by atoms with E-state index < -0.39 is 64.3 Å². The van der Waals surface area contributed by atoms with E-state index in [4.69, 9.17) is 23.4 Å². The molecular formula is C31H38O10. The van der Waals surface area contributed by atoms with Crippen LogP contribution in [0.3, 0.4) is 0 Å². The molecule has 0 aromatic carbocycles. The van der Waals surface area contributed by atoms with E-state index >= 15 is 0 Å². The average Bonchev–Trinajstić information content (AvgIpc) is 3.42. The number of esters is 4. The van der Waals surface area contributed by atoms with Crippen LogP contribution in [0.4, 0.5) is 0 Å². The molecule has 0 radical (unpaired) electrons. The molecule has 1 aromatic rings. The van der Waals surface area contributed by atoms with Gasteiger partial charge in [0, 0.05) is 41.6 Å². The summed E-state index contributed by atoms with van der Waals surface area (Å²) in [4.78, 5) is 65.4. The van der Waals surface area contributed by atoms with Crippen LogP contribution < -0.4 is 0 Å². The minimum absolute atomic E-state index is 0.126. The summed E-state index contributed by atoms with van der Waals surface area (Å²) in [6.07, 6.45) is 3.46. The van der Waals surface area contributed by atoms with Crippen molar-refractivity contribution in [1.29, 1.82) is 0 Å². The molecular weight excluding hydrogens is 532 g/mol. The summed E-state index contributed by atoms with van der Waals surface area (Å²) in [6.45, 7) is 10.1. The smallest absolute Gasteiger partial charge is 0.347 e. The van der Waals surface area contributed by atoms with E-state index in [9.17, 15) is 24.0 Å². The van der Waals surface area contributed by atoms with Crippen LogP contribution in [0.1, 0.15) is 72.5 Å². The maximum atomic E-state index is 14.5. The molecule has 3 aliphatic carbocycles. The number of allylic oxidation sites excluding steroid dienone is 1. The Morgan fingerprint density at radius 3 is 2.34 bits per heavy atom. The largest absolute Gasteiger partial charge is 0.472 e. The first-order chi connectivity index (χ1) is 19.2. The number of carbonyl (C=O) groups is 5. The predicted octanol–water partition coefficient (Wildman–Crippen LogP) is 4.12. The van der Waals surface area contributed by atoms with Crippen molar-refractivity contribution in [2.24, 2.45) is 39.9 Å². The summed E-state index contributed by atoms with van der Waals surface area (Å²) in [7, 11) is 1.20. The average molecular weight is 571 g/mol. The number of fused-ring (bicyclic) bond motifs is 6. The van der Waals surface area contributed by atoms with Crippen molar-refractivity contribution in [1.82, 2.24) is 0 Å². The Morgan fingerprint density at radius 1 is 1.05 bits per heavy atom. The molecule has 222 valence electrons. The van der Waals surface area contributed by atoms with E-state index in [1.165, 1.54) is 21.0 Å². The van der Waals surface area contributed by atoms with Crippen LogP contribution in [0.25, 0.3) is 0 Å². The molecule has 41 heavy (non-hydrogen) atoms. The maximum Gasteiger partial charge on any atom is 0.347 e. The SMILES string of the molecule is COC(=O)[C@H](OC(C)=O)[C@H]1C(C)(C)[C@H](OC(C)=O)[C@@H]2C=C3[C@@H]4CC(=O)O[C@@H](c5ccoc5)[C@]4(C)CC[C@@H]3[C@@]1(C)C2=O. The highest BCUT2D eigenvalue weighted by molar-refractivity contribution is 5.94. The first kappa shape index (κ1) is 29.1. The molecule has 5 rings (SSSR count). The van der Waals surface area contributed by atoms with Gasteiger partial charge in [-0.25, -0.2) is 4.79 Å². The summed E-state index contributed by atoms with van der Waals surface area (Å²) in [5.74, 6) is -4.93. The summed E-state index contributed by atoms with van der Waals surface area (Å²) in [6, 6.07) is 1.79. The molecule has 10 heteroatoms. The molecule has 1 aliphatic heterocycles. The van der Waals surface area contributed by atoms with E-state index in [-0.39, 0.29) is 30.0 Å². The fourth-order valence-electron chi connectivity index (χ4n) is 8.79. The van der Waals surface area contributed by atoms with Crippen LogP contribution in [-0.2, 0) is 42.9 Å². The zero-order valence-corrected chi connectivity index (χ0v) is 24.6. The molecule has 2 heterocycles. The van der Waals surface area contributed by atoms with Gasteiger partial charge in [0.2, 0.25) is 6.10 Å². The summed E-state index contributed by atoms with van der Waals surface area (Å²) < 4.78 is 27.8. The van der Waals surface area contributed by atoms with Gasteiger partial charge in [-0.3, -0.25) is 19.2 Å². The van der Waals surface area contributed by atoms with E-state index in [0.29, 0.717) is 12.8 Å². The molecule has 0 amide bonds. The minimum atomic E-state index is -1.41. The van der Waals surface area contributed by atoms with Gasteiger partial charge in [-0.2, -0.15) is 0 Å². The van der Waals surface area contributed by atoms with Gasteiger partial charge in [0.05, 0.1) is 32.0 Å². The Balaban J connectivity index is 1.71. The van der Waals surface area contributed by atoms with E-state index in [0.717, 1.165) is 11.1 Å². The molecule has 2 bridgehead atoms. The molecule has 0 spiro atoms. The molecule has 3 fully saturated rings. The van der Waals surface area contributed by atoms with E-state index in [2.05, 4.69) is 6.92 Å². The van der Waals surface area contributed by atoms with Crippen LogP contribution in [0.5, 0.6) is 0 Å². The first-order valence-corrected chi connectivity index (χ1v) is 14.1. The van der Waals surface area contributed by atoms with Gasteiger partial charge in [0.1, 0.15) is 18.0 Å². The maximum absolute atomic E-state index is 14.5. The number of rotatable bonds is 5. The topological polar surface area (TPSA) is 135 Å². The van der Waals surface area contributed by atoms with Gasteiger partial charge in [-0.15, -0.1) is 0 Å². The van der Waals surface area contributed by atoms with Crippen LogP contribution in [0, 0.1) is 39.9 Å². The molecule has 10 nitrogen and oxygen atoms in total. The fourth-order valence-corrected chi connectivity index (χ4v) is 8.79. The molecule has 0 unspecified atom stereocenters. The van der Waals surface area contributed by atoms with Crippen LogP contribution in [0.15, 0.2) is 34.7 Å². The van der Waals surface area contributed by atoms with Crippen molar-refractivity contribution in [3.8, 4) is 0 Å². The number of Topliss-reactive ketones (excluding diaryl/α,β-unsaturated/α-hetero) is 1. The van der Waals surface area contributed by atoms with Crippen LogP contribution in [-0.4, -0.2) is 49.0 Å². The van der Waals surface area contributed by atoms with Crippen molar-refractivity contribution in [2.45, 2.75) is 79.1 Å². The third-order valence-corrected chi connectivity index (χ3v) is 10.4. The third-order valence-electron chi connectivity index (χ3n) is 10.4. The molecule has 9 atom stereocenters. The zero-order chi connectivity index (χ0) is 30.1. The first-order valence-electron chi connectivity index (χ1n) is 14.1. The lowest BCUT2D eigenvalue weighted by Crippen LogP contribution is -2.69. The number of furan rings is 1. The highest BCUT2D eigenvalue weighted by Crippen LogP contribution is 2.68. The van der Waals surface area contributed by atoms with Crippen LogP contribution in [0.2, 0.25) is 0 Å². The van der Waals surface area contributed by atoms with Gasteiger partial charge in [0.15, 0.2) is 0 Å². The predicted molar refractivity (Wildman–Crippen MR) is 142 cm³/mol. The third kappa shape index (κ3) is 4.24. The second kappa shape index (κ2) is 9.84. The lowest BCUT2D eigenvalue weighted by Gasteiger charge is -2.64. The standard InChI is InChI=1S/C31H38O10/c1-15(32)39-23(28(36)37-7)24-29(3,4)27(40-16(2)33)19-12-18-20(31(24,6)25(19)35)8-10-30(5)21(18)13-22(34)41-26(30)17-9-11-38-14-17/h9,11-12,14,19-21,23-24,26-27H,8,10,13H2,1-7H3/t19-,20+,21+,23-,24+,26+,27-,30-,31-/m1/s1. The lowest BCUT2D eigenvalue weighted by atomic mass is 9.40. The Bertz CT molecular complexity index is 1310. The highest BCUT2D eigenvalue weighted by atomic mass is 16.6. The monoisotopic (exact) mass is 570 g/mol. The van der Waals surface area contributed by atoms with Crippen molar-refractivity contribution < 1.29 is 47.3 Å². The summed E-state index contributed by atoms with van der Waals surface area (Å²) in [5.41, 5.74) is -0.997. The number of cyclic esters (lactones) is 1. The zero-order valence-electron chi connectivity index (χ0n) is 24.6. The number of ether oxygens (including phenoxy) is 4. The number of hydrogen-bond acceptors (Lipinski definition) is 10. The Morgan fingerprint density at radius 2 is 1.76 bits per heavy atom. The lowest BCUT2D eigenvalue weighted by molar-refractivity contribution is -0.214. The normalized spacial score (nSPS) is 37.9. The second-order valence-electron chi connectivity index (χ2n) is 13.0. The molecule has 1 aromatic heterocycles. The van der Waals surface area contributed by atoms with E-state index in [1.54, 1.807) is 18.6 Å². The van der Waals surface area contributed by atoms with Crippen molar-refractivity contribution >= 4 is 29.7 Å². The number of carbonyl (C=O) groups excluding carboxylic acids is 5. The van der Waals surface area contributed by atoms with Crippen molar-refractivity contribution in [3.05, 3.63) is 35.8 Å². The van der Waals surface area contributed by atoms with Gasteiger partial charge < -0.3 is 23.4 Å². The van der Waals surface area contributed by atoms with Gasteiger partial charge >= 0.3 is 23.9 Å². The Labute approximate surface area is 239 Å². The van der Waals surface area contributed by atoms with Gasteiger partial charge in [-0.1, -0.05) is 39.3 Å². The molecule has 4 aliphatic rings. The van der Waals surface area contributed by atoms with Crippen molar-refractivity contribution in [3.63, 3.8) is 0 Å². The summed E-state index contributed by atoms with van der Waals surface area (Å²) in [5, 5.41) is 0. The number of methoxy groups -OCH3 is 1.